The maximum Gasteiger partial charge on any atom is 0.119 e. The first-order valence-corrected chi connectivity index (χ1v) is 6.31. The normalized spacial score (nSPS) is 20.3. The largest absolute Gasteiger partial charge is 0.492 e. The van der Waals surface area contributed by atoms with E-state index in [0.29, 0.717) is 12.2 Å². The number of nitriles is 1. The van der Waals surface area contributed by atoms with Crippen LogP contribution in [0.1, 0.15) is 18.4 Å². The molecule has 4 nitrogen and oxygen atoms in total. The van der Waals surface area contributed by atoms with Crippen LogP contribution in [0.5, 0.6) is 5.75 Å². The molecule has 1 aliphatic heterocycles. The zero-order valence-corrected chi connectivity index (χ0v) is 10.4. The van der Waals surface area contributed by atoms with E-state index >= 15 is 0 Å². The van der Waals surface area contributed by atoms with Crippen molar-refractivity contribution < 1.29 is 9.84 Å². The number of aliphatic hydroxyl groups is 1. The smallest absolute Gasteiger partial charge is 0.119 e. The van der Waals surface area contributed by atoms with Crippen molar-refractivity contribution in [2.45, 2.75) is 18.9 Å². The Morgan fingerprint density at radius 1 is 1.39 bits per heavy atom. The Morgan fingerprint density at radius 3 is 2.83 bits per heavy atom. The molecule has 1 aromatic carbocycles. The molecule has 0 unspecified atom stereocenters. The standard InChI is InChI=1S/C14H18N2O2/c15-10-12-3-5-14(6-4-12)18-9-8-16-7-1-2-13(17)11-16/h3-6,13,17H,1-2,7-9,11H2/t13-/m1/s1. The van der Waals surface area contributed by atoms with Crippen molar-refractivity contribution in [2.75, 3.05) is 26.2 Å². The van der Waals surface area contributed by atoms with Crippen LogP contribution in [-0.4, -0.2) is 42.4 Å². The van der Waals surface area contributed by atoms with Gasteiger partial charge >= 0.3 is 0 Å². The molecule has 4 heteroatoms. The van der Waals surface area contributed by atoms with Gasteiger partial charge in [0.1, 0.15) is 12.4 Å². The Hall–Kier alpha value is -1.57. The van der Waals surface area contributed by atoms with Gasteiger partial charge in [0.15, 0.2) is 0 Å². The molecule has 1 N–H and O–H groups in total. The fourth-order valence-corrected chi connectivity index (χ4v) is 2.15. The molecule has 1 aliphatic rings. The number of piperidine rings is 1. The van der Waals surface area contributed by atoms with E-state index in [1.165, 1.54) is 0 Å². The third kappa shape index (κ3) is 3.73. The van der Waals surface area contributed by atoms with Gasteiger partial charge in [-0.1, -0.05) is 0 Å². The number of β-amino-alcohol motifs (C(OH)–C–C–N with tert-alkyl or cyclic N) is 1. The quantitative estimate of drug-likeness (QED) is 0.872. The predicted octanol–water partition coefficient (Wildman–Crippen LogP) is 1.39. The van der Waals surface area contributed by atoms with E-state index in [4.69, 9.17) is 10.00 Å². The first-order valence-electron chi connectivity index (χ1n) is 6.31. The molecule has 0 bridgehead atoms. The molecule has 0 aliphatic carbocycles. The number of aliphatic hydroxyl groups excluding tert-OH is 1. The maximum atomic E-state index is 9.54. The van der Waals surface area contributed by atoms with E-state index < -0.39 is 0 Å². The summed E-state index contributed by atoms with van der Waals surface area (Å²) in [7, 11) is 0. The van der Waals surface area contributed by atoms with Crippen molar-refractivity contribution in [1.82, 2.24) is 4.90 Å². The van der Waals surface area contributed by atoms with Crippen LogP contribution in [0.2, 0.25) is 0 Å². The van der Waals surface area contributed by atoms with Gasteiger partial charge in [-0.2, -0.15) is 5.26 Å². The first-order chi connectivity index (χ1) is 8.78. The Labute approximate surface area is 107 Å². The molecule has 18 heavy (non-hydrogen) atoms. The van der Waals surface area contributed by atoms with E-state index in [2.05, 4.69) is 11.0 Å². The SMILES string of the molecule is N#Cc1ccc(OCCN2CCC[C@@H](O)C2)cc1. The third-order valence-corrected chi connectivity index (χ3v) is 3.14. The number of rotatable bonds is 4. The maximum absolute atomic E-state index is 9.54. The van der Waals surface area contributed by atoms with Gasteiger partial charge in [-0.15, -0.1) is 0 Å². The average Bonchev–Trinajstić information content (AvgIpc) is 2.40. The molecule has 1 aromatic rings. The highest BCUT2D eigenvalue weighted by Crippen LogP contribution is 2.12. The number of benzene rings is 1. The second-order valence-electron chi connectivity index (χ2n) is 4.58. The Kier molecular flexibility index (Phi) is 4.57. The molecule has 0 amide bonds. The highest BCUT2D eigenvalue weighted by Gasteiger charge is 2.16. The van der Waals surface area contributed by atoms with Crippen molar-refractivity contribution in [3.05, 3.63) is 29.8 Å². The van der Waals surface area contributed by atoms with Crippen molar-refractivity contribution in [2.24, 2.45) is 0 Å². The molecular formula is C14H18N2O2. The Balaban J connectivity index is 1.72. The van der Waals surface area contributed by atoms with Crippen LogP contribution in [0.15, 0.2) is 24.3 Å². The van der Waals surface area contributed by atoms with Gasteiger partial charge in [0.25, 0.3) is 0 Å². The van der Waals surface area contributed by atoms with E-state index in [1.54, 1.807) is 12.1 Å². The summed E-state index contributed by atoms with van der Waals surface area (Å²) < 4.78 is 5.61. The third-order valence-electron chi connectivity index (χ3n) is 3.14. The van der Waals surface area contributed by atoms with E-state index in [-0.39, 0.29) is 6.10 Å². The second kappa shape index (κ2) is 6.39. The fourth-order valence-electron chi connectivity index (χ4n) is 2.15. The van der Waals surface area contributed by atoms with E-state index in [0.717, 1.165) is 38.2 Å². The zero-order chi connectivity index (χ0) is 12.8. The van der Waals surface area contributed by atoms with Crippen LogP contribution in [0.4, 0.5) is 0 Å². The summed E-state index contributed by atoms with van der Waals surface area (Å²) in [4.78, 5) is 2.22. The number of hydrogen-bond acceptors (Lipinski definition) is 4. The molecule has 0 saturated carbocycles. The van der Waals surface area contributed by atoms with Crippen LogP contribution in [-0.2, 0) is 0 Å². The zero-order valence-electron chi connectivity index (χ0n) is 10.4. The molecule has 1 saturated heterocycles. The summed E-state index contributed by atoms with van der Waals surface area (Å²) in [5.74, 6) is 0.784. The monoisotopic (exact) mass is 246 g/mol. The summed E-state index contributed by atoms with van der Waals surface area (Å²) >= 11 is 0. The highest BCUT2D eigenvalue weighted by atomic mass is 16.5. The summed E-state index contributed by atoms with van der Waals surface area (Å²) in [5.41, 5.74) is 0.640. The summed E-state index contributed by atoms with van der Waals surface area (Å²) in [5, 5.41) is 18.2. The van der Waals surface area contributed by atoms with Crippen LogP contribution in [0.3, 0.4) is 0 Å². The topological polar surface area (TPSA) is 56.5 Å². The number of nitrogens with zero attached hydrogens (tertiary/aromatic N) is 2. The number of likely N-dealkylation sites (tertiary alicyclic amines) is 1. The summed E-state index contributed by atoms with van der Waals surface area (Å²) in [6, 6.07) is 9.19. The van der Waals surface area contributed by atoms with E-state index in [1.807, 2.05) is 12.1 Å². The van der Waals surface area contributed by atoms with Gasteiger partial charge < -0.3 is 9.84 Å². The summed E-state index contributed by atoms with van der Waals surface area (Å²) in [6.45, 7) is 3.22. The highest BCUT2D eigenvalue weighted by molar-refractivity contribution is 5.34. The molecule has 0 aromatic heterocycles. The summed E-state index contributed by atoms with van der Waals surface area (Å²) in [6.07, 6.45) is 1.78. The molecule has 96 valence electrons. The first kappa shape index (κ1) is 12.9. The van der Waals surface area contributed by atoms with Crippen molar-refractivity contribution in [1.29, 1.82) is 5.26 Å². The molecule has 1 fully saturated rings. The van der Waals surface area contributed by atoms with Crippen LogP contribution in [0.25, 0.3) is 0 Å². The lowest BCUT2D eigenvalue weighted by Crippen LogP contribution is -2.40. The van der Waals surface area contributed by atoms with Gasteiger partial charge in [-0.3, -0.25) is 4.90 Å². The Morgan fingerprint density at radius 2 is 2.17 bits per heavy atom. The van der Waals surface area contributed by atoms with Crippen molar-refractivity contribution >= 4 is 0 Å². The van der Waals surface area contributed by atoms with Crippen molar-refractivity contribution in [3.63, 3.8) is 0 Å². The molecule has 0 spiro atoms. The van der Waals surface area contributed by atoms with Crippen molar-refractivity contribution in [3.8, 4) is 11.8 Å². The number of hydrogen-bond donors (Lipinski definition) is 1. The van der Waals surface area contributed by atoms with Crippen LogP contribution in [0, 0.1) is 11.3 Å². The van der Waals surface area contributed by atoms with Crippen LogP contribution < -0.4 is 4.74 Å². The molecular weight excluding hydrogens is 228 g/mol. The lowest BCUT2D eigenvalue weighted by molar-refractivity contribution is 0.0633. The van der Waals surface area contributed by atoms with Crippen LogP contribution >= 0.6 is 0 Å². The lowest BCUT2D eigenvalue weighted by Gasteiger charge is -2.29. The lowest BCUT2D eigenvalue weighted by atomic mass is 10.1. The van der Waals surface area contributed by atoms with Gasteiger partial charge in [0, 0.05) is 13.1 Å². The molecule has 0 radical (unpaired) electrons. The number of ether oxygens (including phenoxy) is 1. The van der Waals surface area contributed by atoms with Gasteiger partial charge in [-0.05, 0) is 43.7 Å². The van der Waals surface area contributed by atoms with Gasteiger partial charge in [-0.25, -0.2) is 0 Å². The predicted molar refractivity (Wildman–Crippen MR) is 68.3 cm³/mol. The minimum Gasteiger partial charge on any atom is -0.492 e. The van der Waals surface area contributed by atoms with E-state index in [9.17, 15) is 5.11 Å². The minimum atomic E-state index is -0.186. The van der Waals surface area contributed by atoms with Gasteiger partial charge in [0.2, 0.25) is 0 Å². The molecule has 1 atom stereocenters. The molecule has 1 heterocycles. The minimum absolute atomic E-state index is 0.186. The molecule has 2 rings (SSSR count). The van der Waals surface area contributed by atoms with Gasteiger partial charge in [0.05, 0.1) is 17.7 Å². The second-order valence-corrected chi connectivity index (χ2v) is 4.58. The average molecular weight is 246 g/mol. The fraction of sp³-hybridized carbons (Fsp3) is 0.500. The Bertz CT molecular complexity index is 411.